The van der Waals surface area contributed by atoms with Crippen LogP contribution >= 0.6 is 0 Å². The van der Waals surface area contributed by atoms with Gasteiger partial charge >= 0.3 is 5.97 Å². The van der Waals surface area contributed by atoms with Gasteiger partial charge < -0.3 is 19.4 Å². The number of benzene rings is 2. The Morgan fingerprint density at radius 3 is 2.77 bits per heavy atom. The van der Waals surface area contributed by atoms with E-state index in [1.807, 2.05) is 13.0 Å². The van der Waals surface area contributed by atoms with Crippen LogP contribution in [0.4, 0.5) is 4.39 Å². The third kappa shape index (κ3) is 3.93. The van der Waals surface area contributed by atoms with Crippen LogP contribution in [0.15, 0.2) is 57.9 Å². The summed E-state index contributed by atoms with van der Waals surface area (Å²) in [6.45, 7) is 1.90. The minimum Gasteiger partial charge on any atom is -0.481 e. The van der Waals surface area contributed by atoms with Gasteiger partial charge in [0, 0.05) is 23.2 Å². The predicted octanol–water partition coefficient (Wildman–Crippen LogP) is 5.55. The van der Waals surface area contributed by atoms with E-state index in [-0.39, 0.29) is 29.5 Å². The second-order valence-electron chi connectivity index (χ2n) is 9.46. The summed E-state index contributed by atoms with van der Waals surface area (Å²) in [5.74, 6) is -0.816. The molecule has 35 heavy (non-hydrogen) atoms. The number of halogens is 1. The maximum absolute atomic E-state index is 15.0. The summed E-state index contributed by atoms with van der Waals surface area (Å²) >= 11 is 0. The molecule has 2 aromatic carbocycles. The summed E-state index contributed by atoms with van der Waals surface area (Å²) in [5, 5.41) is 16.8. The zero-order valence-electron chi connectivity index (χ0n) is 19.1. The van der Waals surface area contributed by atoms with E-state index in [0.717, 1.165) is 35.1 Å². The van der Waals surface area contributed by atoms with Gasteiger partial charge in [0.1, 0.15) is 5.82 Å². The van der Waals surface area contributed by atoms with E-state index in [1.54, 1.807) is 24.7 Å². The number of carboxylic acids is 1. The van der Waals surface area contributed by atoms with Crippen LogP contribution in [-0.4, -0.2) is 27.3 Å². The standard InChI is InChI=1S/C27H24FN3O4/c1-14-8-22(23(28)12-21(14)17-6-7-34-13-17)26-30-25(31-35-26)16-2-4-20-15(9-16)3-5-24(20)29-19-10-18(11-19)27(32)33/h2,4,6-9,12-13,18-19,24,29H,3,5,10-11H2,1H3,(H,32,33)/t18-,19-,24?. The van der Waals surface area contributed by atoms with Crippen molar-refractivity contribution in [1.29, 1.82) is 0 Å². The number of nitrogens with one attached hydrogen (secondary N) is 1. The lowest BCUT2D eigenvalue weighted by Crippen LogP contribution is -2.45. The molecule has 2 aliphatic carbocycles. The van der Waals surface area contributed by atoms with Gasteiger partial charge in [0.2, 0.25) is 5.82 Å². The Hall–Kier alpha value is -3.78. The number of hydrogen-bond donors (Lipinski definition) is 2. The number of aryl methyl sites for hydroxylation is 2. The lowest BCUT2D eigenvalue weighted by molar-refractivity contribution is -0.145. The molecule has 1 unspecified atom stereocenters. The summed E-state index contributed by atoms with van der Waals surface area (Å²) in [6, 6.07) is 11.5. The number of furan rings is 1. The van der Waals surface area contributed by atoms with Crippen molar-refractivity contribution in [2.24, 2.45) is 5.92 Å². The van der Waals surface area contributed by atoms with Crippen molar-refractivity contribution in [2.45, 2.75) is 44.7 Å². The number of hydrogen-bond acceptors (Lipinski definition) is 6. The van der Waals surface area contributed by atoms with E-state index in [1.165, 1.54) is 17.2 Å². The van der Waals surface area contributed by atoms with E-state index >= 15 is 0 Å². The summed E-state index contributed by atoms with van der Waals surface area (Å²) in [4.78, 5) is 15.5. The van der Waals surface area contributed by atoms with Gasteiger partial charge in [-0.2, -0.15) is 4.98 Å². The number of nitrogens with zero attached hydrogens (tertiary/aromatic N) is 2. The van der Waals surface area contributed by atoms with Crippen LogP contribution in [0, 0.1) is 18.7 Å². The van der Waals surface area contributed by atoms with Gasteiger partial charge in [0.25, 0.3) is 5.89 Å². The molecule has 0 saturated heterocycles. The first kappa shape index (κ1) is 21.7. The number of carboxylic acid groups (broad SMARTS) is 1. The molecule has 1 fully saturated rings. The quantitative estimate of drug-likeness (QED) is 0.378. The minimum absolute atomic E-state index is 0.136. The van der Waals surface area contributed by atoms with Crippen LogP contribution in [0.2, 0.25) is 0 Å². The molecule has 7 nitrogen and oxygen atoms in total. The van der Waals surface area contributed by atoms with Gasteiger partial charge in [-0.3, -0.25) is 4.79 Å². The molecule has 2 N–H and O–H groups in total. The Kier molecular flexibility index (Phi) is 5.25. The van der Waals surface area contributed by atoms with Gasteiger partial charge in [-0.05, 0) is 79.1 Å². The molecule has 0 amide bonds. The molecule has 0 bridgehead atoms. The zero-order chi connectivity index (χ0) is 24.1. The van der Waals surface area contributed by atoms with Crippen molar-refractivity contribution >= 4 is 5.97 Å². The highest BCUT2D eigenvalue weighted by molar-refractivity contribution is 5.72. The maximum Gasteiger partial charge on any atom is 0.306 e. The summed E-state index contributed by atoms with van der Waals surface area (Å²) < 4.78 is 25.5. The van der Waals surface area contributed by atoms with E-state index in [4.69, 9.17) is 14.0 Å². The van der Waals surface area contributed by atoms with Crippen LogP contribution < -0.4 is 5.32 Å². The predicted molar refractivity (Wildman–Crippen MR) is 126 cm³/mol. The Balaban J connectivity index is 1.21. The highest BCUT2D eigenvalue weighted by Gasteiger charge is 2.36. The molecule has 0 radical (unpaired) electrons. The normalized spacial score (nSPS) is 21.0. The first-order valence-electron chi connectivity index (χ1n) is 11.7. The molecule has 1 atom stereocenters. The van der Waals surface area contributed by atoms with Gasteiger partial charge in [-0.25, -0.2) is 4.39 Å². The van der Waals surface area contributed by atoms with Crippen molar-refractivity contribution in [3.05, 3.63) is 71.4 Å². The second-order valence-corrected chi connectivity index (χ2v) is 9.46. The third-order valence-corrected chi connectivity index (χ3v) is 7.21. The molecule has 8 heteroatoms. The van der Waals surface area contributed by atoms with Crippen molar-refractivity contribution in [2.75, 3.05) is 0 Å². The number of fused-ring (bicyclic) bond motifs is 1. The number of aliphatic carboxylic acids is 1. The first-order chi connectivity index (χ1) is 17.0. The molecule has 1 saturated carbocycles. The van der Waals surface area contributed by atoms with Gasteiger partial charge in [0.05, 0.1) is 24.0 Å². The molecule has 0 aliphatic heterocycles. The Morgan fingerprint density at radius 1 is 1.14 bits per heavy atom. The average molecular weight is 474 g/mol. The van der Waals surface area contributed by atoms with Gasteiger partial charge in [0.15, 0.2) is 0 Å². The van der Waals surface area contributed by atoms with Gasteiger partial charge in [-0.1, -0.05) is 17.3 Å². The molecular formula is C27H24FN3O4. The fourth-order valence-electron chi connectivity index (χ4n) is 5.19. The largest absolute Gasteiger partial charge is 0.481 e. The summed E-state index contributed by atoms with van der Waals surface area (Å²) in [7, 11) is 0. The van der Waals surface area contributed by atoms with E-state index < -0.39 is 11.8 Å². The minimum atomic E-state index is -0.706. The van der Waals surface area contributed by atoms with Gasteiger partial charge in [-0.15, -0.1) is 0 Å². The van der Waals surface area contributed by atoms with E-state index in [0.29, 0.717) is 18.7 Å². The average Bonchev–Trinajstić information content (AvgIpc) is 3.57. The lowest BCUT2D eigenvalue weighted by Gasteiger charge is -2.35. The Bertz CT molecular complexity index is 1410. The molecule has 2 aliphatic rings. The van der Waals surface area contributed by atoms with Crippen molar-refractivity contribution < 1.29 is 23.2 Å². The third-order valence-electron chi connectivity index (χ3n) is 7.21. The van der Waals surface area contributed by atoms with Crippen molar-refractivity contribution in [3.63, 3.8) is 0 Å². The number of aromatic nitrogens is 2. The maximum atomic E-state index is 15.0. The highest BCUT2D eigenvalue weighted by atomic mass is 19.1. The zero-order valence-corrected chi connectivity index (χ0v) is 19.1. The smallest absolute Gasteiger partial charge is 0.306 e. The van der Waals surface area contributed by atoms with Crippen LogP contribution in [0.3, 0.4) is 0 Å². The highest BCUT2D eigenvalue weighted by Crippen LogP contribution is 2.38. The number of rotatable bonds is 6. The molecule has 0 spiro atoms. The van der Waals surface area contributed by atoms with Crippen LogP contribution in [0.5, 0.6) is 0 Å². The van der Waals surface area contributed by atoms with Crippen LogP contribution in [0.25, 0.3) is 34.0 Å². The monoisotopic (exact) mass is 473 g/mol. The molecule has 178 valence electrons. The fourth-order valence-corrected chi connectivity index (χ4v) is 5.19. The van der Waals surface area contributed by atoms with E-state index in [2.05, 4.69) is 27.6 Å². The van der Waals surface area contributed by atoms with Crippen molar-refractivity contribution in [1.82, 2.24) is 15.5 Å². The second kappa shape index (κ2) is 8.46. The first-order valence-corrected chi connectivity index (χ1v) is 11.7. The Morgan fingerprint density at radius 2 is 2.00 bits per heavy atom. The molecule has 6 rings (SSSR count). The van der Waals surface area contributed by atoms with Crippen molar-refractivity contribution in [3.8, 4) is 34.0 Å². The van der Waals surface area contributed by atoms with Crippen LogP contribution in [-0.2, 0) is 11.2 Å². The lowest BCUT2D eigenvalue weighted by atomic mass is 9.80. The topological polar surface area (TPSA) is 101 Å². The molecule has 2 heterocycles. The van der Waals surface area contributed by atoms with E-state index in [9.17, 15) is 9.18 Å². The summed E-state index contributed by atoms with van der Waals surface area (Å²) in [5.41, 5.74) is 5.96. The fraction of sp³-hybridized carbons (Fsp3) is 0.296. The summed E-state index contributed by atoms with van der Waals surface area (Å²) in [6.07, 6.45) is 6.40. The SMILES string of the molecule is Cc1cc(-c2nc(-c3ccc4c(c3)CCC4N[C@H]3C[C@H](C(=O)O)C3)no2)c(F)cc1-c1ccoc1. The molecular weight excluding hydrogens is 449 g/mol. The molecule has 2 aromatic heterocycles. The Labute approximate surface area is 201 Å². The van der Waals surface area contributed by atoms with Crippen LogP contribution in [0.1, 0.15) is 42.0 Å². The number of carbonyl (C=O) groups is 1. The molecule has 4 aromatic rings.